The zero-order valence-electron chi connectivity index (χ0n) is 20.9. The highest BCUT2D eigenvalue weighted by atomic mass is 32.2. The largest absolute Gasteiger partial charge is 0.394 e. The highest BCUT2D eigenvalue weighted by Crippen LogP contribution is 2.52. The molecule has 0 radical (unpaired) electrons. The molecule has 4 aromatic rings. The normalized spacial score (nSPS) is 17.4. The quantitative estimate of drug-likeness (QED) is 0.261. The molecule has 2 aromatic heterocycles. The maximum absolute atomic E-state index is 12.4. The molecule has 0 spiro atoms. The summed E-state index contributed by atoms with van der Waals surface area (Å²) in [4.78, 5) is 26.6. The number of rotatable bonds is 6. The first kappa shape index (κ1) is 25.1. The molecule has 2 unspecified atom stereocenters. The number of pyridine rings is 2. The van der Waals surface area contributed by atoms with E-state index in [0.29, 0.717) is 25.4 Å². The number of aromatic nitrogens is 2. The number of aryl methyl sites for hydroxylation is 1. The molecule has 1 fully saturated rings. The van der Waals surface area contributed by atoms with Crippen molar-refractivity contribution in [3.63, 3.8) is 0 Å². The Kier molecular flexibility index (Phi) is 7.16. The number of ether oxygens (including phenoxy) is 1. The van der Waals surface area contributed by atoms with Gasteiger partial charge in [0.1, 0.15) is 11.8 Å². The second-order valence-corrected chi connectivity index (χ2v) is 11.4. The third-order valence-corrected chi connectivity index (χ3v) is 9.34. The average molecular weight is 545 g/mol. The molecule has 6 rings (SSSR count). The molecular weight excluding hydrogens is 516 g/mol. The van der Waals surface area contributed by atoms with E-state index in [9.17, 15) is 9.90 Å². The Morgan fingerprint density at radius 2 is 2.00 bits per heavy atom. The Hall–Kier alpha value is -3.24. The molecular formula is C29H28N4O3S2. The molecule has 4 heterocycles. The van der Waals surface area contributed by atoms with Gasteiger partial charge in [-0.3, -0.25) is 9.78 Å². The van der Waals surface area contributed by atoms with E-state index in [-0.39, 0.29) is 24.3 Å². The van der Waals surface area contributed by atoms with Crippen LogP contribution in [-0.2, 0) is 4.74 Å². The fourth-order valence-electron chi connectivity index (χ4n) is 4.86. The summed E-state index contributed by atoms with van der Waals surface area (Å²) in [6.45, 7) is 3.78. The molecule has 2 atom stereocenters. The highest BCUT2D eigenvalue weighted by Gasteiger charge is 2.29. The minimum absolute atomic E-state index is 0.0467. The molecule has 7 nitrogen and oxygen atoms in total. The predicted molar refractivity (Wildman–Crippen MR) is 152 cm³/mol. The van der Waals surface area contributed by atoms with Gasteiger partial charge in [0.25, 0.3) is 5.56 Å². The van der Waals surface area contributed by atoms with Gasteiger partial charge in [0.2, 0.25) is 0 Å². The Morgan fingerprint density at radius 1 is 1.11 bits per heavy atom. The molecule has 0 saturated carbocycles. The second-order valence-electron chi connectivity index (χ2n) is 9.31. The van der Waals surface area contributed by atoms with Crippen LogP contribution in [0.5, 0.6) is 0 Å². The van der Waals surface area contributed by atoms with Gasteiger partial charge in [-0.2, -0.15) is 0 Å². The number of hydrogen-bond donors (Lipinski definition) is 3. The standard InChI is InChI=1S/C29H28N4O3S2/c1-18-5-2-7-21(31-18)22(17-34)32-19-10-11-25-27(15-19)37-26-9-3-6-20(28(26)38-25)24-16-33(13-14-36-24)23-8-4-12-30-29(23)35/h2-12,15,22,24,32,34H,13-14,16-17H2,1H3,(H,30,35). The van der Waals surface area contributed by atoms with E-state index in [1.165, 1.54) is 19.6 Å². The van der Waals surface area contributed by atoms with Crippen LogP contribution < -0.4 is 15.8 Å². The van der Waals surface area contributed by atoms with Crippen LogP contribution in [0.15, 0.2) is 97.3 Å². The van der Waals surface area contributed by atoms with Gasteiger partial charge in [-0.15, -0.1) is 0 Å². The minimum atomic E-state index is -0.281. The predicted octanol–water partition coefficient (Wildman–Crippen LogP) is 5.42. The number of nitrogens with zero attached hydrogens (tertiary/aromatic N) is 2. The van der Waals surface area contributed by atoms with Crippen molar-refractivity contribution < 1.29 is 9.84 Å². The van der Waals surface area contributed by atoms with Crippen molar-refractivity contribution in [3.05, 3.63) is 100 Å². The van der Waals surface area contributed by atoms with Crippen LogP contribution in [0, 0.1) is 6.92 Å². The fraction of sp³-hybridized carbons (Fsp3) is 0.241. The van der Waals surface area contributed by atoms with Gasteiger partial charge >= 0.3 is 0 Å². The van der Waals surface area contributed by atoms with Crippen LogP contribution in [0.3, 0.4) is 0 Å². The van der Waals surface area contributed by atoms with E-state index in [2.05, 4.69) is 56.6 Å². The summed E-state index contributed by atoms with van der Waals surface area (Å²) in [5.74, 6) is 0. The van der Waals surface area contributed by atoms with Crippen molar-refractivity contribution in [2.24, 2.45) is 0 Å². The topological polar surface area (TPSA) is 90.5 Å². The monoisotopic (exact) mass is 544 g/mol. The Morgan fingerprint density at radius 3 is 2.84 bits per heavy atom. The van der Waals surface area contributed by atoms with Gasteiger partial charge in [0, 0.05) is 50.2 Å². The lowest BCUT2D eigenvalue weighted by atomic mass is 10.1. The molecule has 38 heavy (non-hydrogen) atoms. The van der Waals surface area contributed by atoms with Crippen LogP contribution in [0.2, 0.25) is 0 Å². The summed E-state index contributed by atoms with van der Waals surface area (Å²) in [6, 6.07) is 22.0. The SMILES string of the molecule is Cc1cccc(C(CO)Nc2ccc3c(c2)Sc2cccc(C4CN(c5ccc[nH]c5=O)CCO4)c2S3)n1. The first-order valence-corrected chi connectivity index (χ1v) is 14.2. The lowest BCUT2D eigenvalue weighted by Crippen LogP contribution is -2.41. The summed E-state index contributed by atoms with van der Waals surface area (Å²) >= 11 is 3.50. The number of benzene rings is 2. The number of anilines is 2. The van der Waals surface area contributed by atoms with E-state index in [0.717, 1.165) is 22.6 Å². The number of fused-ring (bicyclic) bond motifs is 2. The van der Waals surface area contributed by atoms with Crippen LogP contribution >= 0.6 is 23.5 Å². The van der Waals surface area contributed by atoms with Crippen LogP contribution in [0.1, 0.15) is 29.1 Å². The summed E-state index contributed by atoms with van der Waals surface area (Å²) in [5.41, 5.74) is 4.44. The summed E-state index contributed by atoms with van der Waals surface area (Å²) < 4.78 is 6.22. The van der Waals surface area contributed by atoms with E-state index in [1.807, 2.05) is 37.3 Å². The van der Waals surface area contributed by atoms with E-state index < -0.39 is 0 Å². The lowest BCUT2D eigenvalue weighted by Gasteiger charge is -2.35. The second kappa shape index (κ2) is 10.9. The van der Waals surface area contributed by atoms with E-state index in [4.69, 9.17) is 4.74 Å². The average Bonchev–Trinajstić information content (AvgIpc) is 2.94. The van der Waals surface area contributed by atoms with Gasteiger partial charge in [-0.25, -0.2) is 0 Å². The third-order valence-electron chi connectivity index (χ3n) is 6.73. The molecule has 2 aromatic carbocycles. The minimum Gasteiger partial charge on any atom is -0.394 e. The van der Waals surface area contributed by atoms with Gasteiger partial charge in [0.15, 0.2) is 0 Å². The van der Waals surface area contributed by atoms with E-state index >= 15 is 0 Å². The van der Waals surface area contributed by atoms with Crippen molar-refractivity contribution in [2.75, 3.05) is 36.5 Å². The van der Waals surface area contributed by atoms with Crippen molar-refractivity contribution >= 4 is 34.9 Å². The highest BCUT2D eigenvalue weighted by molar-refractivity contribution is 8.05. The van der Waals surface area contributed by atoms with Crippen LogP contribution in [-0.4, -0.2) is 41.4 Å². The van der Waals surface area contributed by atoms with Crippen LogP contribution in [0.25, 0.3) is 0 Å². The number of hydrogen-bond acceptors (Lipinski definition) is 8. The fourth-order valence-corrected chi connectivity index (χ4v) is 7.31. The maximum Gasteiger partial charge on any atom is 0.271 e. The Balaban J connectivity index is 1.23. The first-order valence-electron chi connectivity index (χ1n) is 12.6. The Bertz CT molecular complexity index is 1530. The van der Waals surface area contributed by atoms with Gasteiger partial charge in [0.05, 0.1) is 24.9 Å². The van der Waals surface area contributed by atoms with E-state index in [1.54, 1.807) is 29.7 Å². The maximum atomic E-state index is 12.4. The number of aromatic amines is 1. The first-order chi connectivity index (χ1) is 18.6. The summed E-state index contributed by atoms with van der Waals surface area (Å²) in [6.07, 6.45) is 1.54. The third kappa shape index (κ3) is 5.07. The molecule has 2 aliphatic heterocycles. The number of morpholine rings is 1. The molecule has 0 amide bonds. The molecule has 0 bridgehead atoms. The molecule has 2 aliphatic rings. The molecule has 194 valence electrons. The smallest absolute Gasteiger partial charge is 0.271 e. The van der Waals surface area contributed by atoms with Gasteiger partial charge in [-0.1, -0.05) is 41.7 Å². The lowest BCUT2D eigenvalue weighted by molar-refractivity contribution is 0.0378. The number of aliphatic hydroxyl groups excluding tert-OH is 1. The van der Waals surface area contributed by atoms with Gasteiger partial charge in [-0.05, 0) is 61.0 Å². The summed E-state index contributed by atoms with van der Waals surface area (Å²) in [7, 11) is 0. The van der Waals surface area contributed by atoms with Crippen molar-refractivity contribution in [3.8, 4) is 0 Å². The Labute approximate surface area is 229 Å². The van der Waals surface area contributed by atoms with Crippen LogP contribution in [0.4, 0.5) is 11.4 Å². The molecule has 9 heteroatoms. The molecule has 1 saturated heterocycles. The van der Waals surface area contributed by atoms with Gasteiger partial charge < -0.3 is 25.0 Å². The van der Waals surface area contributed by atoms with Crippen molar-refractivity contribution in [1.29, 1.82) is 0 Å². The molecule has 0 aliphatic carbocycles. The zero-order valence-corrected chi connectivity index (χ0v) is 22.5. The zero-order chi connectivity index (χ0) is 26.1. The molecule has 3 N–H and O–H groups in total. The number of H-pyrrole nitrogens is 1. The van der Waals surface area contributed by atoms with Crippen molar-refractivity contribution in [1.82, 2.24) is 9.97 Å². The van der Waals surface area contributed by atoms with Crippen molar-refractivity contribution in [2.45, 2.75) is 38.7 Å². The number of nitrogens with one attached hydrogen (secondary N) is 2. The number of aliphatic hydroxyl groups is 1. The summed E-state index contributed by atoms with van der Waals surface area (Å²) in [5, 5.41) is 13.5.